The van der Waals surface area contributed by atoms with Gasteiger partial charge in [-0.25, -0.2) is 13.6 Å². The SMILES string of the molecule is Cc1cc(C(=O)NC(CC(F)F)C(=O)O)c(C)cc1Br. The van der Waals surface area contributed by atoms with Crippen molar-refractivity contribution in [1.29, 1.82) is 0 Å². The lowest BCUT2D eigenvalue weighted by atomic mass is 10.0. The zero-order chi connectivity index (χ0) is 15.4. The van der Waals surface area contributed by atoms with Gasteiger partial charge < -0.3 is 10.4 Å². The normalized spacial score (nSPS) is 12.3. The first-order chi connectivity index (χ1) is 9.22. The van der Waals surface area contributed by atoms with Gasteiger partial charge in [0.25, 0.3) is 5.91 Å². The van der Waals surface area contributed by atoms with Crippen molar-refractivity contribution < 1.29 is 23.5 Å². The Labute approximate surface area is 123 Å². The molecule has 0 aliphatic rings. The Morgan fingerprint density at radius 2 is 1.90 bits per heavy atom. The number of carboxylic acid groups (broad SMARTS) is 1. The molecule has 0 bridgehead atoms. The number of rotatable bonds is 5. The van der Waals surface area contributed by atoms with Crippen molar-refractivity contribution in [2.45, 2.75) is 32.7 Å². The molecule has 1 atom stereocenters. The molecule has 1 unspecified atom stereocenters. The molecule has 2 N–H and O–H groups in total. The molecular formula is C13H14BrF2NO3. The Morgan fingerprint density at radius 1 is 1.30 bits per heavy atom. The lowest BCUT2D eigenvalue weighted by molar-refractivity contribution is -0.140. The highest BCUT2D eigenvalue weighted by atomic mass is 79.9. The number of aliphatic carboxylic acids is 1. The average molecular weight is 350 g/mol. The molecule has 0 fully saturated rings. The summed E-state index contributed by atoms with van der Waals surface area (Å²) in [5.74, 6) is -2.16. The summed E-state index contributed by atoms with van der Waals surface area (Å²) in [6, 6.07) is 1.69. The third kappa shape index (κ3) is 4.26. The maximum absolute atomic E-state index is 12.3. The lowest BCUT2D eigenvalue weighted by Crippen LogP contribution is -2.42. The number of amides is 1. The van der Waals surface area contributed by atoms with E-state index >= 15 is 0 Å². The molecule has 0 heterocycles. The molecule has 0 aliphatic carbocycles. The molecule has 0 aliphatic heterocycles. The van der Waals surface area contributed by atoms with Crippen molar-refractivity contribution in [2.24, 2.45) is 0 Å². The molecule has 0 saturated heterocycles. The van der Waals surface area contributed by atoms with Crippen LogP contribution in [-0.4, -0.2) is 29.5 Å². The van der Waals surface area contributed by atoms with Gasteiger partial charge in [0.2, 0.25) is 6.43 Å². The second-order valence-electron chi connectivity index (χ2n) is 4.41. The number of nitrogens with one attached hydrogen (secondary N) is 1. The van der Waals surface area contributed by atoms with E-state index in [1.54, 1.807) is 26.0 Å². The summed E-state index contributed by atoms with van der Waals surface area (Å²) in [4.78, 5) is 22.8. The number of halogens is 3. The van der Waals surface area contributed by atoms with Gasteiger partial charge in [0.05, 0.1) is 0 Å². The van der Waals surface area contributed by atoms with E-state index in [1.165, 1.54) is 0 Å². The monoisotopic (exact) mass is 349 g/mol. The predicted octanol–water partition coefficient (Wildman–Crippen LogP) is 2.90. The lowest BCUT2D eigenvalue weighted by Gasteiger charge is -2.15. The van der Waals surface area contributed by atoms with Crippen LogP contribution in [0, 0.1) is 13.8 Å². The molecule has 4 nitrogen and oxygen atoms in total. The second-order valence-corrected chi connectivity index (χ2v) is 5.26. The zero-order valence-electron chi connectivity index (χ0n) is 10.9. The molecule has 0 aromatic heterocycles. The average Bonchev–Trinajstić information content (AvgIpc) is 2.32. The minimum atomic E-state index is -2.80. The summed E-state index contributed by atoms with van der Waals surface area (Å²) in [5.41, 5.74) is 1.69. The Morgan fingerprint density at radius 3 is 2.40 bits per heavy atom. The number of hydrogen-bond donors (Lipinski definition) is 2. The minimum absolute atomic E-state index is 0.270. The highest BCUT2D eigenvalue weighted by molar-refractivity contribution is 9.10. The Kier molecular flexibility index (Phi) is 5.62. The standard InChI is InChI=1S/C13H14BrF2NO3/c1-6-4-9(14)7(2)3-8(6)12(18)17-10(13(19)20)5-11(15)16/h3-4,10-11H,5H2,1-2H3,(H,17,18)(H,19,20). The van der Waals surface area contributed by atoms with Crippen LogP contribution < -0.4 is 5.32 Å². The van der Waals surface area contributed by atoms with Crippen LogP contribution in [0.4, 0.5) is 8.78 Å². The number of carbonyl (C=O) groups excluding carboxylic acids is 1. The van der Waals surface area contributed by atoms with Crippen LogP contribution in [0.25, 0.3) is 0 Å². The maximum atomic E-state index is 12.3. The maximum Gasteiger partial charge on any atom is 0.326 e. The third-order valence-electron chi connectivity index (χ3n) is 2.77. The summed E-state index contributed by atoms with van der Waals surface area (Å²) in [6.45, 7) is 3.45. The topological polar surface area (TPSA) is 66.4 Å². The minimum Gasteiger partial charge on any atom is -0.480 e. The van der Waals surface area contributed by atoms with Crippen molar-refractivity contribution in [3.05, 3.63) is 33.3 Å². The van der Waals surface area contributed by atoms with E-state index in [0.29, 0.717) is 5.56 Å². The van der Waals surface area contributed by atoms with Crippen molar-refractivity contribution in [3.8, 4) is 0 Å². The summed E-state index contributed by atoms with van der Waals surface area (Å²) in [6.07, 6.45) is -3.72. The van der Waals surface area contributed by atoms with E-state index in [0.717, 1.165) is 10.0 Å². The molecule has 0 radical (unpaired) electrons. The van der Waals surface area contributed by atoms with Crippen LogP contribution in [0.3, 0.4) is 0 Å². The number of carboxylic acids is 1. The smallest absolute Gasteiger partial charge is 0.326 e. The number of alkyl halides is 2. The van der Waals surface area contributed by atoms with Gasteiger partial charge in [-0.2, -0.15) is 0 Å². The fourth-order valence-corrected chi connectivity index (χ4v) is 2.12. The molecular weight excluding hydrogens is 336 g/mol. The van der Waals surface area contributed by atoms with Crippen LogP contribution in [0.2, 0.25) is 0 Å². The van der Waals surface area contributed by atoms with Crippen LogP contribution in [0.15, 0.2) is 16.6 Å². The van der Waals surface area contributed by atoms with Crippen LogP contribution >= 0.6 is 15.9 Å². The van der Waals surface area contributed by atoms with E-state index in [1.807, 2.05) is 0 Å². The van der Waals surface area contributed by atoms with E-state index in [4.69, 9.17) is 5.11 Å². The first-order valence-electron chi connectivity index (χ1n) is 5.81. The van der Waals surface area contributed by atoms with Gasteiger partial charge in [0.15, 0.2) is 0 Å². The van der Waals surface area contributed by atoms with Gasteiger partial charge in [-0.15, -0.1) is 0 Å². The van der Waals surface area contributed by atoms with Crippen molar-refractivity contribution in [3.63, 3.8) is 0 Å². The molecule has 1 rings (SSSR count). The van der Waals surface area contributed by atoms with E-state index in [2.05, 4.69) is 21.2 Å². The molecule has 1 amide bonds. The van der Waals surface area contributed by atoms with Gasteiger partial charge in [-0.3, -0.25) is 4.79 Å². The van der Waals surface area contributed by atoms with Crippen LogP contribution in [0.1, 0.15) is 27.9 Å². The van der Waals surface area contributed by atoms with Gasteiger partial charge in [-0.05, 0) is 37.1 Å². The number of hydrogen-bond acceptors (Lipinski definition) is 2. The highest BCUT2D eigenvalue weighted by Crippen LogP contribution is 2.21. The second kappa shape index (κ2) is 6.78. The number of benzene rings is 1. The first kappa shape index (κ1) is 16.6. The summed E-state index contributed by atoms with van der Waals surface area (Å²) >= 11 is 3.31. The van der Waals surface area contributed by atoms with Gasteiger partial charge in [0, 0.05) is 16.5 Å². The van der Waals surface area contributed by atoms with E-state index in [9.17, 15) is 18.4 Å². The fraction of sp³-hybridized carbons (Fsp3) is 0.385. The highest BCUT2D eigenvalue weighted by Gasteiger charge is 2.25. The zero-order valence-corrected chi connectivity index (χ0v) is 12.5. The van der Waals surface area contributed by atoms with Crippen LogP contribution in [0.5, 0.6) is 0 Å². The van der Waals surface area contributed by atoms with Crippen molar-refractivity contribution >= 4 is 27.8 Å². The summed E-state index contributed by atoms with van der Waals surface area (Å²) in [5, 5.41) is 10.9. The Balaban J connectivity index is 2.95. The third-order valence-corrected chi connectivity index (χ3v) is 3.62. The number of carbonyl (C=O) groups is 2. The molecule has 0 spiro atoms. The van der Waals surface area contributed by atoms with Crippen molar-refractivity contribution in [2.75, 3.05) is 0 Å². The largest absolute Gasteiger partial charge is 0.480 e. The molecule has 7 heteroatoms. The predicted molar refractivity (Wildman–Crippen MR) is 73.1 cm³/mol. The van der Waals surface area contributed by atoms with Gasteiger partial charge >= 0.3 is 5.97 Å². The molecule has 110 valence electrons. The van der Waals surface area contributed by atoms with E-state index in [-0.39, 0.29) is 5.56 Å². The molecule has 0 saturated carbocycles. The summed E-state index contributed by atoms with van der Waals surface area (Å²) in [7, 11) is 0. The first-order valence-corrected chi connectivity index (χ1v) is 6.60. The Bertz CT molecular complexity index is 535. The van der Waals surface area contributed by atoms with E-state index < -0.39 is 30.8 Å². The van der Waals surface area contributed by atoms with Gasteiger partial charge in [-0.1, -0.05) is 15.9 Å². The number of aryl methyl sites for hydroxylation is 2. The Hall–Kier alpha value is -1.50. The van der Waals surface area contributed by atoms with Crippen molar-refractivity contribution in [1.82, 2.24) is 5.32 Å². The molecule has 1 aromatic carbocycles. The molecule has 20 heavy (non-hydrogen) atoms. The summed E-state index contributed by atoms with van der Waals surface area (Å²) < 4.78 is 25.4. The quantitative estimate of drug-likeness (QED) is 0.858. The van der Waals surface area contributed by atoms with Crippen LogP contribution in [-0.2, 0) is 4.79 Å². The fourth-order valence-electron chi connectivity index (χ4n) is 1.66. The molecule has 1 aromatic rings. The van der Waals surface area contributed by atoms with Gasteiger partial charge in [0.1, 0.15) is 6.04 Å².